The maximum Gasteiger partial charge on any atom is 0.324 e. The van der Waals surface area contributed by atoms with Crippen molar-refractivity contribution in [1.82, 2.24) is 10.6 Å². The highest BCUT2D eigenvalue weighted by Crippen LogP contribution is 2.22. The molecular formula is C10H16F4N2O. The van der Waals surface area contributed by atoms with Crippen molar-refractivity contribution in [2.24, 2.45) is 5.92 Å². The normalized spacial score (nSPS) is 18.4. The zero-order valence-corrected chi connectivity index (χ0v) is 9.32. The van der Waals surface area contributed by atoms with E-state index in [1.807, 2.05) is 5.32 Å². The summed E-state index contributed by atoms with van der Waals surface area (Å²) in [5.41, 5.74) is 0. The molecule has 0 aromatic rings. The van der Waals surface area contributed by atoms with Gasteiger partial charge in [-0.05, 0) is 31.8 Å². The van der Waals surface area contributed by atoms with Gasteiger partial charge in [-0.15, -0.1) is 0 Å². The van der Waals surface area contributed by atoms with Crippen molar-refractivity contribution < 1.29 is 22.4 Å². The molecule has 1 saturated heterocycles. The summed E-state index contributed by atoms with van der Waals surface area (Å²) in [7, 11) is 0. The van der Waals surface area contributed by atoms with Crippen molar-refractivity contribution in [1.29, 1.82) is 0 Å². The summed E-state index contributed by atoms with van der Waals surface area (Å²) in [6.45, 7) is 0.296. The molecule has 2 N–H and O–H groups in total. The number of carbonyl (C=O) groups excluding carboxylic acids is 1. The molecule has 0 radical (unpaired) electrons. The van der Waals surface area contributed by atoms with Crippen molar-refractivity contribution in [3.8, 4) is 0 Å². The van der Waals surface area contributed by atoms with Crippen LogP contribution in [0, 0.1) is 5.92 Å². The Bertz CT molecular complexity index is 255. The predicted octanol–water partition coefficient (Wildman–Crippen LogP) is 1.39. The summed E-state index contributed by atoms with van der Waals surface area (Å²) in [5.74, 6) is -4.59. The molecule has 3 nitrogen and oxygen atoms in total. The van der Waals surface area contributed by atoms with Gasteiger partial charge in [-0.3, -0.25) is 4.79 Å². The maximum atomic E-state index is 12.5. The Kier molecular flexibility index (Phi) is 5.17. The number of carbonyl (C=O) groups is 1. The molecule has 1 aliphatic heterocycles. The fraction of sp³-hybridized carbons (Fsp3) is 0.900. The molecule has 1 aliphatic rings. The monoisotopic (exact) mass is 256 g/mol. The van der Waals surface area contributed by atoms with Crippen LogP contribution in [0.5, 0.6) is 0 Å². The molecule has 0 aliphatic carbocycles. The maximum absolute atomic E-state index is 12.5. The van der Waals surface area contributed by atoms with Crippen LogP contribution in [0.1, 0.15) is 19.3 Å². The van der Waals surface area contributed by atoms with E-state index in [-0.39, 0.29) is 12.3 Å². The van der Waals surface area contributed by atoms with Crippen LogP contribution in [0.2, 0.25) is 0 Å². The van der Waals surface area contributed by atoms with E-state index in [1.54, 1.807) is 0 Å². The Hall–Kier alpha value is -0.850. The first-order valence-corrected chi connectivity index (χ1v) is 5.55. The van der Waals surface area contributed by atoms with Crippen LogP contribution in [0.15, 0.2) is 0 Å². The van der Waals surface area contributed by atoms with Gasteiger partial charge in [0.15, 0.2) is 0 Å². The lowest BCUT2D eigenvalue weighted by Gasteiger charge is -2.22. The number of rotatable bonds is 5. The van der Waals surface area contributed by atoms with E-state index in [0.29, 0.717) is 0 Å². The van der Waals surface area contributed by atoms with Gasteiger partial charge in [-0.25, -0.2) is 8.78 Å². The van der Waals surface area contributed by atoms with Crippen molar-refractivity contribution in [2.45, 2.75) is 31.6 Å². The fourth-order valence-corrected chi connectivity index (χ4v) is 1.71. The molecule has 0 aromatic carbocycles. The van der Waals surface area contributed by atoms with Crippen molar-refractivity contribution in [3.63, 3.8) is 0 Å². The quantitative estimate of drug-likeness (QED) is 0.730. The Morgan fingerprint density at radius 2 is 1.94 bits per heavy atom. The molecule has 0 atom stereocenters. The lowest BCUT2D eigenvalue weighted by Crippen LogP contribution is -2.42. The minimum Gasteiger partial charge on any atom is -0.350 e. The standard InChI is InChI=1S/C10H16F4N2O/c11-9(12)10(13,14)6-16-8(17)5-7-1-3-15-4-2-7/h7,9,15H,1-6H2,(H,16,17). The van der Waals surface area contributed by atoms with Crippen LogP contribution in [-0.4, -0.2) is 37.9 Å². The van der Waals surface area contributed by atoms with Gasteiger partial charge in [0.2, 0.25) is 5.91 Å². The van der Waals surface area contributed by atoms with E-state index in [9.17, 15) is 22.4 Å². The topological polar surface area (TPSA) is 41.1 Å². The first kappa shape index (κ1) is 14.2. The van der Waals surface area contributed by atoms with E-state index < -0.39 is 24.8 Å². The molecular weight excluding hydrogens is 240 g/mol. The molecule has 0 spiro atoms. The summed E-state index contributed by atoms with van der Waals surface area (Å²) in [4.78, 5) is 11.3. The molecule has 1 rings (SSSR count). The number of hydrogen-bond donors (Lipinski definition) is 2. The lowest BCUT2D eigenvalue weighted by atomic mass is 9.94. The van der Waals surface area contributed by atoms with Gasteiger partial charge in [0.05, 0.1) is 6.54 Å². The number of hydrogen-bond acceptors (Lipinski definition) is 2. The molecule has 17 heavy (non-hydrogen) atoms. The smallest absolute Gasteiger partial charge is 0.324 e. The highest BCUT2D eigenvalue weighted by atomic mass is 19.3. The molecule has 1 heterocycles. The zero-order valence-electron chi connectivity index (χ0n) is 9.32. The van der Waals surface area contributed by atoms with Crippen LogP contribution in [0.25, 0.3) is 0 Å². The second-order valence-corrected chi connectivity index (χ2v) is 4.24. The third kappa shape index (κ3) is 4.89. The molecule has 1 fully saturated rings. The summed E-state index contributed by atoms with van der Waals surface area (Å²) in [5, 5.41) is 4.97. The molecule has 0 unspecified atom stereocenters. The average molecular weight is 256 g/mol. The number of nitrogens with one attached hydrogen (secondary N) is 2. The Morgan fingerprint density at radius 1 is 1.35 bits per heavy atom. The summed E-state index contributed by atoms with van der Waals surface area (Å²) >= 11 is 0. The third-order valence-electron chi connectivity index (χ3n) is 2.77. The van der Waals surface area contributed by atoms with Crippen molar-refractivity contribution in [2.75, 3.05) is 19.6 Å². The van der Waals surface area contributed by atoms with Gasteiger partial charge in [-0.2, -0.15) is 8.78 Å². The lowest BCUT2D eigenvalue weighted by molar-refractivity contribution is -0.137. The fourth-order valence-electron chi connectivity index (χ4n) is 1.71. The largest absolute Gasteiger partial charge is 0.350 e. The Morgan fingerprint density at radius 3 is 2.47 bits per heavy atom. The second kappa shape index (κ2) is 6.18. The molecule has 1 amide bonds. The van der Waals surface area contributed by atoms with Crippen LogP contribution in [0.4, 0.5) is 17.6 Å². The van der Waals surface area contributed by atoms with Gasteiger partial charge in [0.25, 0.3) is 0 Å². The van der Waals surface area contributed by atoms with E-state index in [0.717, 1.165) is 25.9 Å². The second-order valence-electron chi connectivity index (χ2n) is 4.24. The third-order valence-corrected chi connectivity index (χ3v) is 2.77. The van der Waals surface area contributed by atoms with E-state index in [2.05, 4.69) is 5.32 Å². The number of alkyl halides is 4. The summed E-state index contributed by atoms with van der Waals surface area (Å²) < 4.78 is 48.6. The van der Waals surface area contributed by atoms with Gasteiger partial charge < -0.3 is 10.6 Å². The van der Waals surface area contributed by atoms with Crippen molar-refractivity contribution >= 4 is 5.91 Å². The van der Waals surface area contributed by atoms with E-state index in [1.165, 1.54) is 0 Å². The van der Waals surface area contributed by atoms with Crippen LogP contribution >= 0.6 is 0 Å². The number of piperidine rings is 1. The molecule has 0 saturated carbocycles. The molecule has 7 heteroatoms. The average Bonchev–Trinajstić information content (AvgIpc) is 2.28. The number of halogens is 4. The Labute approximate surface area is 96.9 Å². The SMILES string of the molecule is O=C(CC1CCNCC1)NCC(F)(F)C(F)F. The first-order valence-electron chi connectivity index (χ1n) is 5.55. The highest BCUT2D eigenvalue weighted by molar-refractivity contribution is 5.76. The Balaban J connectivity index is 2.25. The van der Waals surface area contributed by atoms with Crippen molar-refractivity contribution in [3.05, 3.63) is 0 Å². The van der Waals surface area contributed by atoms with Crippen LogP contribution in [-0.2, 0) is 4.79 Å². The summed E-state index contributed by atoms with van der Waals surface area (Å²) in [6.07, 6.45) is -2.01. The zero-order chi connectivity index (χ0) is 12.9. The van der Waals surface area contributed by atoms with Gasteiger partial charge >= 0.3 is 12.3 Å². The molecule has 0 bridgehead atoms. The first-order chi connectivity index (χ1) is 7.92. The van der Waals surface area contributed by atoms with Crippen LogP contribution < -0.4 is 10.6 Å². The minimum absolute atomic E-state index is 0.126. The van der Waals surface area contributed by atoms with Crippen LogP contribution in [0.3, 0.4) is 0 Å². The van der Waals surface area contributed by atoms with Gasteiger partial charge in [0.1, 0.15) is 0 Å². The van der Waals surface area contributed by atoms with E-state index in [4.69, 9.17) is 0 Å². The predicted molar refractivity (Wildman–Crippen MR) is 54.2 cm³/mol. The number of amides is 1. The van der Waals surface area contributed by atoms with Gasteiger partial charge in [0, 0.05) is 6.42 Å². The van der Waals surface area contributed by atoms with E-state index >= 15 is 0 Å². The molecule has 0 aromatic heterocycles. The highest BCUT2D eigenvalue weighted by Gasteiger charge is 2.40. The van der Waals surface area contributed by atoms with Gasteiger partial charge in [-0.1, -0.05) is 0 Å². The molecule has 100 valence electrons. The summed E-state index contributed by atoms with van der Waals surface area (Å²) in [6, 6.07) is 0. The minimum atomic E-state index is -4.15.